The quantitative estimate of drug-likeness (QED) is 0.0961. The molecule has 4 aromatic rings. The van der Waals surface area contributed by atoms with Crippen molar-refractivity contribution in [2.75, 3.05) is 6.61 Å². The highest BCUT2D eigenvalue weighted by molar-refractivity contribution is 14.1. The van der Waals surface area contributed by atoms with E-state index in [9.17, 15) is 13.2 Å². The van der Waals surface area contributed by atoms with Gasteiger partial charge in [-0.25, -0.2) is 0 Å². The summed E-state index contributed by atoms with van der Waals surface area (Å²) in [4.78, 5) is 20.7. The third-order valence-electron chi connectivity index (χ3n) is 6.44. The third-order valence-corrected chi connectivity index (χ3v) is 9.52. The van der Waals surface area contributed by atoms with E-state index in [-0.39, 0.29) is 22.3 Å². The SMILES string of the molecule is CCOc1cc(/C=C2/SC(=NCc3ccccc3)N(Cc3ccccc3)C2=O)cc(I)c1OS(=O)(=O)c1ccc(C)cc1. The maximum atomic E-state index is 13.7. The highest BCUT2D eigenvalue weighted by atomic mass is 127. The van der Waals surface area contributed by atoms with Crippen molar-refractivity contribution in [2.45, 2.75) is 31.8 Å². The summed E-state index contributed by atoms with van der Waals surface area (Å²) in [6.45, 7) is 4.83. The Labute approximate surface area is 269 Å². The molecular formula is C33H29IN2O5S2. The summed E-state index contributed by atoms with van der Waals surface area (Å²) in [5.74, 6) is 0.216. The minimum Gasteiger partial charge on any atom is -0.490 e. The molecule has 7 nitrogen and oxygen atoms in total. The van der Waals surface area contributed by atoms with E-state index >= 15 is 0 Å². The number of amides is 1. The maximum Gasteiger partial charge on any atom is 0.339 e. The zero-order valence-electron chi connectivity index (χ0n) is 23.6. The van der Waals surface area contributed by atoms with Crippen molar-refractivity contribution in [2.24, 2.45) is 4.99 Å². The van der Waals surface area contributed by atoms with Crippen LogP contribution >= 0.6 is 34.4 Å². The smallest absolute Gasteiger partial charge is 0.339 e. The monoisotopic (exact) mass is 724 g/mol. The van der Waals surface area contributed by atoms with Crippen LogP contribution in [-0.4, -0.2) is 31.0 Å². The van der Waals surface area contributed by atoms with Gasteiger partial charge in [0.1, 0.15) is 4.90 Å². The zero-order chi connectivity index (χ0) is 30.4. The highest BCUT2D eigenvalue weighted by Gasteiger charge is 2.33. The van der Waals surface area contributed by atoms with Gasteiger partial charge in [0.25, 0.3) is 5.91 Å². The normalized spacial score (nSPS) is 15.3. The molecule has 43 heavy (non-hydrogen) atoms. The molecule has 1 aliphatic rings. The number of nitrogens with zero attached hydrogens (tertiary/aromatic N) is 2. The van der Waals surface area contributed by atoms with Crippen molar-refractivity contribution < 1.29 is 22.1 Å². The van der Waals surface area contributed by atoms with E-state index in [1.165, 1.54) is 23.9 Å². The number of aryl methyl sites for hydroxylation is 1. The lowest BCUT2D eigenvalue weighted by molar-refractivity contribution is -0.122. The average Bonchev–Trinajstić information content (AvgIpc) is 3.28. The summed E-state index contributed by atoms with van der Waals surface area (Å²) in [6, 6.07) is 29.6. The molecular weight excluding hydrogens is 695 g/mol. The van der Waals surface area contributed by atoms with Gasteiger partial charge in [-0.05, 0) is 95.2 Å². The van der Waals surface area contributed by atoms with E-state index in [0.717, 1.165) is 16.7 Å². The maximum absolute atomic E-state index is 13.7. The van der Waals surface area contributed by atoms with Gasteiger partial charge in [0.15, 0.2) is 16.7 Å². The molecule has 1 aliphatic heterocycles. The number of aliphatic imine (C=N–C) groups is 1. The zero-order valence-corrected chi connectivity index (χ0v) is 27.4. The summed E-state index contributed by atoms with van der Waals surface area (Å²) in [5, 5.41) is 0.618. The Kier molecular flexibility index (Phi) is 9.89. The fourth-order valence-electron chi connectivity index (χ4n) is 4.30. The van der Waals surface area contributed by atoms with E-state index in [4.69, 9.17) is 13.9 Å². The summed E-state index contributed by atoms with van der Waals surface area (Å²) < 4.78 is 38.0. The molecule has 1 heterocycles. The Hall–Kier alpha value is -3.61. The molecule has 0 unspecified atom stereocenters. The molecule has 1 saturated heterocycles. The molecule has 4 aromatic carbocycles. The van der Waals surface area contributed by atoms with E-state index in [0.29, 0.717) is 38.9 Å². The fourth-order valence-corrected chi connectivity index (χ4v) is 7.12. The number of hydrogen-bond acceptors (Lipinski definition) is 7. The van der Waals surface area contributed by atoms with Crippen LogP contribution in [0, 0.1) is 10.5 Å². The molecule has 5 rings (SSSR count). The fraction of sp³-hybridized carbons (Fsp3) is 0.152. The number of rotatable bonds is 10. The molecule has 220 valence electrons. The second-order valence-corrected chi connectivity index (χ2v) is 13.4. The predicted molar refractivity (Wildman–Crippen MR) is 179 cm³/mol. The number of thioether (sulfide) groups is 1. The van der Waals surface area contributed by atoms with Gasteiger partial charge in [0, 0.05) is 0 Å². The van der Waals surface area contributed by atoms with Gasteiger partial charge in [0.05, 0.1) is 28.2 Å². The Morgan fingerprint density at radius 1 is 0.930 bits per heavy atom. The van der Waals surface area contributed by atoms with Crippen molar-refractivity contribution in [1.29, 1.82) is 0 Å². The number of carbonyl (C=O) groups excluding carboxylic acids is 1. The van der Waals surface area contributed by atoms with E-state index in [1.54, 1.807) is 35.2 Å². The van der Waals surface area contributed by atoms with Crippen LogP contribution in [-0.2, 0) is 28.0 Å². The number of ether oxygens (including phenoxy) is 1. The summed E-state index contributed by atoms with van der Waals surface area (Å²) in [6.07, 6.45) is 1.78. The van der Waals surface area contributed by atoms with Gasteiger partial charge in [-0.3, -0.25) is 14.7 Å². The molecule has 0 radical (unpaired) electrons. The Morgan fingerprint density at radius 3 is 2.23 bits per heavy atom. The lowest BCUT2D eigenvalue weighted by atomic mass is 10.1. The van der Waals surface area contributed by atoms with Crippen molar-refractivity contribution >= 4 is 61.6 Å². The van der Waals surface area contributed by atoms with Gasteiger partial charge in [-0.1, -0.05) is 78.4 Å². The minimum atomic E-state index is -4.09. The molecule has 0 spiro atoms. The van der Waals surface area contributed by atoms with Crippen molar-refractivity contribution in [3.63, 3.8) is 0 Å². The van der Waals surface area contributed by atoms with Crippen LogP contribution in [0.25, 0.3) is 6.08 Å². The number of carbonyl (C=O) groups is 1. The summed E-state index contributed by atoms with van der Waals surface area (Å²) in [5.41, 5.74) is 3.66. The van der Waals surface area contributed by atoms with E-state index in [2.05, 4.69) is 0 Å². The molecule has 0 aromatic heterocycles. The van der Waals surface area contributed by atoms with Crippen LogP contribution in [0.5, 0.6) is 11.5 Å². The van der Waals surface area contributed by atoms with Crippen LogP contribution in [0.4, 0.5) is 0 Å². The van der Waals surface area contributed by atoms with Gasteiger partial charge in [-0.15, -0.1) is 0 Å². The average molecular weight is 725 g/mol. The molecule has 0 N–H and O–H groups in total. The first-order valence-corrected chi connectivity index (χ1v) is 16.8. The molecule has 0 saturated carbocycles. The van der Waals surface area contributed by atoms with Crippen LogP contribution in [0.3, 0.4) is 0 Å². The summed E-state index contributed by atoms with van der Waals surface area (Å²) in [7, 11) is -4.09. The van der Waals surface area contributed by atoms with Crippen molar-refractivity contribution in [3.05, 3.63) is 128 Å². The van der Waals surface area contributed by atoms with E-state index in [1.807, 2.05) is 97.1 Å². The molecule has 0 atom stereocenters. The topological polar surface area (TPSA) is 85.3 Å². The lowest BCUT2D eigenvalue weighted by Crippen LogP contribution is -2.28. The number of amidine groups is 1. The molecule has 1 fully saturated rings. The standard InChI is InChI=1S/C33H29IN2O5S2/c1-3-40-29-19-26(18-28(34)31(29)41-43(38,39)27-16-14-23(2)15-17-27)20-30-32(37)36(22-25-12-8-5-9-13-25)33(42-30)35-21-24-10-6-4-7-11-24/h4-20H,3,21-22H2,1-2H3/b30-20+,35-33?. The Morgan fingerprint density at radius 2 is 1.58 bits per heavy atom. The molecule has 0 bridgehead atoms. The van der Waals surface area contributed by atoms with Gasteiger partial charge < -0.3 is 8.92 Å². The van der Waals surface area contributed by atoms with Crippen LogP contribution in [0.15, 0.2) is 112 Å². The predicted octanol–water partition coefficient (Wildman–Crippen LogP) is 7.44. The molecule has 1 amide bonds. The van der Waals surface area contributed by atoms with Gasteiger partial charge in [0.2, 0.25) is 0 Å². The first-order valence-electron chi connectivity index (χ1n) is 13.5. The Bertz CT molecular complexity index is 1780. The van der Waals surface area contributed by atoms with Gasteiger partial charge in [-0.2, -0.15) is 8.42 Å². The summed E-state index contributed by atoms with van der Waals surface area (Å²) >= 11 is 3.34. The molecule has 0 aliphatic carbocycles. The van der Waals surface area contributed by atoms with Crippen LogP contribution < -0.4 is 8.92 Å². The number of benzene rings is 4. The second kappa shape index (κ2) is 13.8. The number of halogens is 1. The van der Waals surface area contributed by atoms with Crippen LogP contribution in [0.2, 0.25) is 0 Å². The third kappa shape index (κ3) is 7.67. The van der Waals surface area contributed by atoms with E-state index < -0.39 is 10.1 Å². The highest BCUT2D eigenvalue weighted by Crippen LogP contribution is 2.39. The lowest BCUT2D eigenvalue weighted by Gasteiger charge is -2.16. The first kappa shape index (κ1) is 30.8. The van der Waals surface area contributed by atoms with Gasteiger partial charge >= 0.3 is 10.1 Å². The molecule has 10 heteroatoms. The number of hydrogen-bond donors (Lipinski definition) is 0. The van der Waals surface area contributed by atoms with Crippen molar-refractivity contribution in [3.8, 4) is 11.5 Å². The first-order chi connectivity index (χ1) is 20.7. The second-order valence-electron chi connectivity index (χ2n) is 9.69. The van der Waals surface area contributed by atoms with Crippen molar-refractivity contribution in [1.82, 2.24) is 4.90 Å². The Balaban J connectivity index is 1.46. The largest absolute Gasteiger partial charge is 0.490 e. The minimum absolute atomic E-state index is 0.0522. The van der Waals surface area contributed by atoms with Crippen LogP contribution in [0.1, 0.15) is 29.2 Å².